The second-order valence-electron chi connectivity index (χ2n) is 5.93. The molecule has 0 radical (unpaired) electrons. The number of nitro groups is 1. The highest BCUT2D eigenvalue weighted by Gasteiger charge is 2.21. The lowest BCUT2D eigenvalue weighted by atomic mass is 9.86. The molecule has 0 amide bonds. The molecule has 0 atom stereocenters. The van der Waals surface area contributed by atoms with Crippen molar-refractivity contribution >= 4 is 11.5 Å². The third kappa shape index (κ3) is 3.16. The van der Waals surface area contributed by atoms with Crippen molar-refractivity contribution in [2.24, 2.45) is 0 Å². The van der Waals surface area contributed by atoms with Gasteiger partial charge < -0.3 is 0 Å². The van der Waals surface area contributed by atoms with E-state index in [-0.39, 0.29) is 22.4 Å². The van der Waals surface area contributed by atoms with Crippen LogP contribution >= 0.6 is 0 Å². The molecule has 4 nitrogen and oxygen atoms in total. The van der Waals surface area contributed by atoms with Crippen molar-refractivity contribution in [1.29, 1.82) is 0 Å². The highest BCUT2D eigenvalue weighted by Crippen LogP contribution is 2.25. The molecule has 2 aromatic rings. The predicted octanol–water partition coefficient (Wildman–Crippen LogP) is 4.12. The first-order chi connectivity index (χ1) is 9.80. The molecule has 0 bridgehead atoms. The Morgan fingerprint density at radius 2 is 1.57 bits per heavy atom. The average Bonchev–Trinajstić information content (AvgIpc) is 2.45. The molecule has 108 valence electrons. The highest BCUT2D eigenvalue weighted by molar-refractivity contribution is 6.11. The van der Waals surface area contributed by atoms with Crippen LogP contribution in [0.1, 0.15) is 42.3 Å². The van der Waals surface area contributed by atoms with Crippen LogP contribution in [0.3, 0.4) is 0 Å². The van der Waals surface area contributed by atoms with Gasteiger partial charge >= 0.3 is 0 Å². The fourth-order valence-corrected chi connectivity index (χ4v) is 2.10. The molecule has 0 heterocycles. The van der Waals surface area contributed by atoms with Crippen LogP contribution in [0.5, 0.6) is 0 Å². The van der Waals surface area contributed by atoms with Gasteiger partial charge in [0.15, 0.2) is 5.78 Å². The average molecular weight is 283 g/mol. The Bertz CT molecular complexity index is 682. The molecular formula is C17H17NO3. The molecule has 0 unspecified atom stereocenters. The molecule has 4 heteroatoms. The van der Waals surface area contributed by atoms with Crippen LogP contribution in [0.4, 0.5) is 5.69 Å². The van der Waals surface area contributed by atoms with Crippen LogP contribution in [0.2, 0.25) is 0 Å². The number of hydrogen-bond acceptors (Lipinski definition) is 3. The molecule has 0 aliphatic carbocycles. The molecule has 0 aliphatic rings. The maximum Gasteiger partial charge on any atom is 0.280 e. The van der Waals surface area contributed by atoms with Gasteiger partial charge in [0.05, 0.1) is 4.92 Å². The zero-order chi connectivity index (χ0) is 15.6. The van der Waals surface area contributed by atoms with Crippen LogP contribution in [-0.4, -0.2) is 10.7 Å². The molecule has 0 aromatic heterocycles. The Labute approximate surface area is 123 Å². The smallest absolute Gasteiger partial charge is 0.280 e. The molecule has 0 spiro atoms. The van der Waals surface area contributed by atoms with Crippen molar-refractivity contribution in [3.63, 3.8) is 0 Å². The van der Waals surface area contributed by atoms with E-state index >= 15 is 0 Å². The Hall–Kier alpha value is -2.49. The van der Waals surface area contributed by atoms with Crippen molar-refractivity contribution in [3.05, 3.63) is 75.3 Å². The van der Waals surface area contributed by atoms with E-state index < -0.39 is 4.92 Å². The SMILES string of the molecule is CC(C)(C)c1ccc(C(=O)c2ccccc2[N+](=O)[O-])cc1. The van der Waals surface area contributed by atoms with Crippen molar-refractivity contribution in [3.8, 4) is 0 Å². The van der Waals surface area contributed by atoms with Crippen LogP contribution in [0.15, 0.2) is 48.5 Å². The molecule has 0 fully saturated rings. The Morgan fingerprint density at radius 3 is 2.10 bits per heavy atom. The zero-order valence-corrected chi connectivity index (χ0v) is 12.3. The molecule has 21 heavy (non-hydrogen) atoms. The first-order valence-electron chi connectivity index (χ1n) is 6.69. The number of hydrogen-bond donors (Lipinski definition) is 0. The first kappa shape index (κ1) is 14.9. The number of ketones is 1. The largest absolute Gasteiger partial charge is 0.288 e. The Morgan fingerprint density at radius 1 is 1.00 bits per heavy atom. The van der Waals surface area contributed by atoms with Gasteiger partial charge in [0.1, 0.15) is 5.56 Å². The number of nitro benzene ring substituents is 1. The van der Waals surface area contributed by atoms with E-state index in [2.05, 4.69) is 20.8 Å². The molecule has 0 aliphatic heterocycles. The van der Waals surface area contributed by atoms with Crippen molar-refractivity contribution in [1.82, 2.24) is 0 Å². The molecule has 2 rings (SSSR count). The third-order valence-corrected chi connectivity index (χ3v) is 3.36. The quantitative estimate of drug-likeness (QED) is 0.483. The van der Waals surface area contributed by atoms with Gasteiger partial charge in [0.25, 0.3) is 5.69 Å². The van der Waals surface area contributed by atoms with E-state index in [9.17, 15) is 14.9 Å². The maximum atomic E-state index is 12.4. The monoisotopic (exact) mass is 283 g/mol. The van der Waals surface area contributed by atoms with Crippen molar-refractivity contribution in [2.45, 2.75) is 26.2 Å². The third-order valence-electron chi connectivity index (χ3n) is 3.36. The number of nitrogens with zero attached hydrogens (tertiary/aromatic N) is 1. The van der Waals surface area contributed by atoms with Crippen LogP contribution in [-0.2, 0) is 5.41 Å². The van der Waals surface area contributed by atoms with E-state index in [1.165, 1.54) is 12.1 Å². The van der Waals surface area contributed by atoms with Crippen LogP contribution in [0, 0.1) is 10.1 Å². The van der Waals surface area contributed by atoms with Gasteiger partial charge in [-0.2, -0.15) is 0 Å². The van der Waals surface area contributed by atoms with Gasteiger partial charge in [-0.05, 0) is 17.0 Å². The summed E-state index contributed by atoms with van der Waals surface area (Å²) in [6.07, 6.45) is 0. The number of para-hydroxylation sites is 1. The fraction of sp³-hybridized carbons (Fsp3) is 0.235. The van der Waals surface area contributed by atoms with Gasteiger partial charge in [-0.1, -0.05) is 57.2 Å². The summed E-state index contributed by atoms with van der Waals surface area (Å²) in [7, 11) is 0. The van der Waals surface area contributed by atoms with Crippen molar-refractivity contribution in [2.75, 3.05) is 0 Å². The van der Waals surface area contributed by atoms with Crippen LogP contribution < -0.4 is 0 Å². The summed E-state index contributed by atoms with van der Waals surface area (Å²) < 4.78 is 0. The summed E-state index contributed by atoms with van der Waals surface area (Å²) in [6.45, 7) is 6.27. The minimum atomic E-state index is -0.531. The second kappa shape index (κ2) is 5.48. The van der Waals surface area contributed by atoms with Gasteiger partial charge in [0.2, 0.25) is 0 Å². The molecule has 2 aromatic carbocycles. The van der Waals surface area contributed by atoms with Gasteiger partial charge in [-0.3, -0.25) is 14.9 Å². The van der Waals surface area contributed by atoms with E-state index in [4.69, 9.17) is 0 Å². The van der Waals surface area contributed by atoms with E-state index in [0.29, 0.717) is 5.56 Å². The molecule has 0 saturated heterocycles. The first-order valence-corrected chi connectivity index (χ1v) is 6.69. The molecule has 0 N–H and O–H groups in total. The predicted molar refractivity (Wildman–Crippen MR) is 81.7 cm³/mol. The number of benzene rings is 2. The maximum absolute atomic E-state index is 12.4. The highest BCUT2D eigenvalue weighted by atomic mass is 16.6. The summed E-state index contributed by atoms with van der Waals surface area (Å²) in [5.41, 5.74) is 1.52. The summed E-state index contributed by atoms with van der Waals surface area (Å²) in [4.78, 5) is 22.9. The van der Waals surface area contributed by atoms with E-state index in [0.717, 1.165) is 5.56 Å². The normalized spacial score (nSPS) is 11.2. The van der Waals surface area contributed by atoms with E-state index in [1.807, 2.05) is 12.1 Å². The number of rotatable bonds is 3. The standard InChI is InChI=1S/C17H17NO3/c1-17(2,3)13-10-8-12(9-11-13)16(19)14-6-4-5-7-15(14)18(20)21/h4-11H,1-3H3. The number of carbonyl (C=O) groups excluding carboxylic acids is 1. The second-order valence-corrected chi connectivity index (χ2v) is 5.93. The summed E-state index contributed by atoms with van der Waals surface area (Å²) in [6, 6.07) is 13.2. The fourth-order valence-electron chi connectivity index (χ4n) is 2.10. The summed E-state index contributed by atoms with van der Waals surface area (Å²) in [5, 5.41) is 11.0. The minimum Gasteiger partial charge on any atom is -0.288 e. The lowest BCUT2D eigenvalue weighted by molar-refractivity contribution is -0.385. The zero-order valence-electron chi connectivity index (χ0n) is 12.3. The Balaban J connectivity index is 2.40. The lowest BCUT2D eigenvalue weighted by Gasteiger charge is -2.18. The van der Waals surface area contributed by atoms with Gasteiger partial charge in [-0.15, -0.1) is 0 Å². The van der Waals surface area contributed by atoms with Crippen LogP contribution in [0.25, 0.3) is 0 Å². The summed E-state index contributed by atoms with van der Waals surface area (Å²) in [5.74, 6) is -0.331. The molecular weight excluding hydrogens is 266 g/mol. The minimum absolute atomic E-state index is 0.000319. The Kier molecular flexibility index (Phi) is 3.89. The lowest BCUT2D eigenvalue weighted by Crippen LogP contribution is -2.11. The summed E-state index contributed by atoms with van der Waals surface area (Å²) >= 11 is 0. The number of carbonyl (C=O) groups is 1. The van der Waals surface area contributed by atoms with E-state index in [1.54, 1.807) is 24.3 Å². The topological polar surface area (TPSA) is 60.2 Å². The molecule has 0 saturated carbocycles. The van der Waals surface area contributed by atoms with Gasteiger partial charge in [0, 0.05) is 11.6 Å². The van der Waals surface area contributed by atoms with Gasteiger partial charge in [-0.25, -0.2) is 0 Å². The van der Waals surface area contributed by atoms with Crippen molar-refractivity contribution < 1.29 is 9.72 Å².